The van der Waals surface area contributed by atoms with Crippen LogP contribution in [0.15, 0.2) is 18.2 Å². The summed E-state index contributed by atoms with van der Waals surface area (Å²) in [7, 11) is 0. The van der Waals surface area contributed by atoms with Gasteiger partial charge in [-0.25, -0.2) is 0 Å². The molecule has 0 aromatic heterocycles. The van der Waals surface area contributed by atoms with E-state index in [1.165, 1.54) is 6.07 Å². The number of phenolic OH excluding ortho intramolecular Hbond substituents is 1. The lowest BCUT2D eigenvalue weighted by molar-refractivity contribution is -0.118. The molecule has 4 nitrogen and oxygen atoms in total. The molecule has 1 fully saturated rings. The highest BCUT2D eigenvalue weighted by molar-refractivity contribution is 5.96. The first-order chi connectivity index (χ1) is 9.99. The summed E-state index contributed by atoms with van der Waals surface area (Å²) in [5, 5.41) is 9.48. The fourth-order valence-corrected chi connectivity index (χ4v) is 3.03. The summed E-state index contributed by atoms with van der Waals surface area (Å²) in [6, 6.07) is 4.82. The summed E-state index contributed by atoms with van der Waals surface area (Å²) in [4.78, 5) is 26.1. The molecule has 0 saturated carbocycles. The van der Waals surface area contributed by atoms with Crippen LogP contribution in [0.2, 0.25) is 0 Å². The number of phenols is 1. The molecule has 0 radical (unpaired) electrons. The largest absolute Gasteiger partial charge is 0.508 e. The van der Waals surface area contributed by atoms with Crippen LogP contribution in [0.5, 0.6) is 5.75 Å². The second-order valence-corrected chi connectivity index (χ2v) is 5.91. The number of benzene rings is 1. The van der Waals surface area contributed by atoms with Gasteiger partial charge in [0.15, 0.2) is 0 Å². The number of Topliss-reactive ketones (excluding diaryl/α,β-unsaturated/α-hetero) is 1. The Labute approximate surface area is 125 Å². The Balaban J connectivity index is 2.26. The van der Waals surface area contributed by atoms with Gasteiger partial charge in [-0.1, -0.05) is 12.8 Å². The minimum atomic E-state index is -0.0272. The molecule has 1 aromatic carbocycles. The minimum absolute atomic E-state index is 0.00528. The summed E-state index contributed by atoms with van der Waals surface area (Å²) in [5.74, 6) is 0.267. The van der Waals surface area contributed by atoms with E-state index in [1.54, 1.807) is 19.1 Å². The predicted molar refractivity (Wildman–Crippen MR) is 81.4 cm³/mol. The molecule has 0 aliphatic carbocycles. The number of hydrogen-bond donors (Lipinski definition) is 1. The number of aryl methyl sites for hydroxylation is 1. The average molecular weight is 289 g/mol. The highest BCUT2D eigenvalue weighted by Crippen LogP contribution is 2.24. The first-order valence-corrected chi connectivity index (χ1v) is 7.59. The van der Waals surface area contributed by atoms with E-state index in [0.717, 1.165) is 31.2 Å². The second-order valence-electron chi connectivity index (χ2n) is 5.91. The molecule has 1 amide bonds. The Bertz CT molecular complexity index is 539. The molecule has 1 N–H and O–H groups in total. The van der Waals surface area contributed by atoms with Crippen LogP contribution in [0.3, 0.4) is 0 Å². The average Bonchev–Trinajstić information content (AvgIpc) is 2.63. The molecule has 1 unspecified atom stereocenters. The molecule has 2 rings (SSSR count). The van der Waals surface area contributed by atoms with Crippen LogP contribution in [0.25, 0.3) is 0 Å². The molecule has 1 aromatic rings. The third kappa shape index (κ3) is 3.84. The zero-order valence-corrected chi connectivity index (χ0v) is 12.8. The standard InChI is InChI=1S/C17H23NO3/c1-12-10-15(20)7-8-16(12)17(21)18-9-5-3-4-6-14(18)11-13(2)19/h7-8,10,14,20H,3-6,9,11H2,1-2H3. The van der Waals surface area contributed by atoms with Gasteiger partial charge in [0.2, 0.25) is 0 Å². The SMILES string of the molecule is CC(=O)CC1CCCCCN1C(=O)c1ccc(O)cc1C. The van der Waals surface area contributed by atoms with E-state index >= 15 is 0 Å². The van der Waals surface area contributed by atoms with Gasteiger partial charge in [0.05, 0.1) is 0 Å². The van der Waals surface area contributed by atoms with Crippen molar-refractivity contribution in [1.29, 1.82) is 0 Å². The van der Waals surface area contributed by atoms with Crippen molar-refractivity contribution in [2.75, 3.05) is 6.54 Å². The number of aromatic hydroxyl groups is 1. The summed E-state index contributed by atoms with van der Waals surface area (Å²) in [5.41, 5.74) is 1.38. The van der Waals surface area contributed by atoms with Gasteiger partial charge in [-0.15, -0.1) is 0 Å². The summed E-state index contributed by atoms with van der Waals surface area (Å²) < 4.78 is 0. The van der Waals surface area contributed by atoms with Crippen molar-refractivity contribution >= 4 is 11.7 Å². The van der Waals surface area contributed by atoms with Gasteiger partial charge in [-0.05, 0) is 50.5 Å². The Morgan fingerprint density at radius 3 is 2.71 bits per heavy atom. The van der Waals surface area contributed by atoms with Crippen molar-refractivity contribution in [3.63, 3.8) is 0 Å². The van der Waals surface area contributed by atoms with E-state index < -0.39 is 0 Å². The van der Waals surface area contributed by atoms with Gasteiger partial charge in [-0.2, -0.15) is 0 Å². The van der Waals surface area contributed by atoms with Crippen LogP contribution in [-0.2, 0) is 4.79 Å². The second kappa shape index (κ2) is 6.74. The van der Waals surface area contributed by atoms with Gasteiger partial charge < -0.3 is 10.0 Å². The number of likely N-dealkylation sites (tertiary alicyclic amines) is 1. The number of amides is 1. The van der Waals surface area contributed by atoms with Crippen molar-refractivity contribution in [3.8, 4) is 5.75 Å². The van der Waals surface area contributed by atoms with Gasteiger partial charge in [0.25, 0.3) is 5.91 Å². The van der Waals surface area contributed by atoms with Crippen molar-refractivity contribution in [2.24, 2.45) is 0 Å². The van der Waals surface area contributed by atoms with E-state index in [2.05, 4.69) is 0 Å². The van der Waals surface area contributed by atoms with Crippen LogP contribution >= 0.6 is 0 Å². The van der Waals surface area contributed by atoms with Crippen LogP contribution in [0, 0.1) is 6.92 Å². The molecule has 0 bridgehead atoms. The predicted octanol–water partition coefficient (Wildman–Crippen LogP) is 3.06. The Hall–Kier alpha value is -1.84. The van der Waals surface area contributed by atoms with Gasteiger partial charge in [0, 0.05) is 24.6 Å². The van der Waals surface area contributed by atoms with Gasteiger partial charge in [0.1, 0.15) is 11.5 Å². The van der Waals surface area contributed by atoms with Gasteiger partial charge in [-0.3, -0.25) is 9.59 Å². The fourth-order valence-electron chi connectivity index (χ4n) is 3.03. The number of carbonyl (C=O) groups excluding carboxylic acids is 2. The van der Waals surface area contributed by atoms with Crippen LogP contribution in [0.1, 0.15) is 54.9 Å². The molecule has 21 heavy (non-hydrogen) atoms. The van der Waals surface area contributed by atoms with Crippen LogP contribution < -0.4 is 0 Å². The van der Waals surface area contributed by atoms with E-state index in [-0.39, 0.29) is 23.5 Å². The summed E-state index contributed by atoms with van der Waals surface area (Å²) >= 11 is 0. The van der Waals surface area contributed by atoms with Crippen molar-refractivity contribution < 1.29 is 14.7 Å². The maximum atomic E-state index is 12.8. The molecule has 1 aliphatic rings. The fraction of sp³-hybridized carbons (Fsp3) is 0.529. The van der Waals surface area contributed by atoms with E-state index in [4.69, 9.17) is 0 Å². The lowest BCUT2D eigenvalue weighted by Crippen LogP contribution is -2.41. The third-order valence-corrected chi connectivity index (χ3v) is 4.10. The minimum Gasteiger partial charge on any atom is -0.508 e. The first kappa shape index (κ1) is 15.5. The maximum absolute atomic E-state index is 12.8. The normalized spacial score (nSPS) is 19.1. The van der Waals surface area contributed by atoms with Crippen molar-refractivity contribution in [1.82, 2.24) is 4.90 Å². The smallest absolute Gasteiger partial charge is 0.254 e. The number of nitrogens with zero attached hydrogens (tertiary/aromatic N) is 1. The monoisotopic (exact) mass is 289 g/mol. The molecule has 1 atom stereocenters. The topological polar surface area (TPSA) is 57.6 Å². The zero-order chi connectivity index (χ0) is 15.4. The molecule has 114 valence electrons. The molecule has 1 heterocycles. The Morgan fingerprint density at radius 1 is 1.29 bits per heavy atom. The Kier molecular flexibility index (Phi) is 4.99. The number of carbonyl (C=O) groups is 2. The zero-order valence-electron chi connectivity index (χ0n) is 12.8. The van der Waals surface area contributed by atoms with Gasteiger partial charge >= 0.3 is 0 Å². The molecule has 4 heteroatoms. The van der Waals surface area contributed by atoms with Crippen molar-refractivity contribution in [2.45, 2.75) is 52.0 Å². The molecule has 1 aliphatic heterocycles. The molecule has 1 saturated heterocycles. The van der Waals surface area contributed by atoms with Crippen LogP contribution in [-0.4, -0.2) is 34.3 Å². The van der Waals surface area contributed by atoms with E-state index in [1.807, 2.05) is 11.8 Å². The van der Waals surface area contributed by atoms with Crippen LogP contribution in [0.4, 0.5) is 0 Å². The summed E-state index contributed by atoms with van der Waals surface area (Å²) in [6.45, 7) is 4.11. The molecule has 0 spiro atoms. The summed E-state index contributed by atoms with van der Waals surface area (Å²) in [6.07, 6.45) is 4.48. The first-order valence-electron chi connectivity index (χ1n) is 7.59. The quantitative estimate of drug-likeness (QED) is 0.930. The lowest BCUT2D eigenvalue weighted by Gasteiger charge is -2.30. The maximum Gasteiger partial charge on any atom is 0.254 e. The van der Waals surface area contributed by atoms with E-state index in [0.29, 0.717) is 18.5 Å². The van der Waals surface area contributed by atoms with Crippen molar-refractivity contribution in [3.05, 3.63) is 29.3 Å². The number of rotatable bonds is 3. The number of hydrogen-bond acceptors (Lipinski definition) is 3. The lowest BCUT2D eigenvalue weighted by atomic mass is 10.0. The molecular formula is C17H23NO3. The highest BCUT2D eigenvalue weighted by atomic mass is 16.3. The van der Waals surface area contributed by atoms with E-state index in [9.17, 15) is 14.7 Å². The Morgan fingerprint density at radius 2 is 2.05 bits per heavy atom. The number of ketones is 1. The highest BCUT2D eigenvalue weighted by Gasteiger charge is 2.27. The molecular weight excluding hydrogens is 266 g/mol. The third-order valence-electron chi connectivity index (χ3n) is 4.10.